The molecule has 0 aromatic heterocycles. The third-order valence-electron chi connectivity index (χ3n) is 3.18. The number of benzene rings is 2. The van der Waals surface area contributed by atoms with Gasteiger partial charge in [0.2, 0.25) is 0 Å². The number of esters is 1. The van der Waals surface area contributed by atoms with Crippen LogP contribution in [0.3, 0.4) is 0 Å². The molecule has 0 radical (unpaired) electrons. The van der Waals surface area contributed by atoms with Gasteiger partial charge in [-0.1, -0.05) is 11.6 Å². The van der Waals surface area contributed by atoms with Crippen molar-refractivity contribution in [2.75, 3.05) is 17.7 Å². The third kappa shape index (κ3) is 7.69. The van der Waals surface area contributed by atoms with Crippen LogP contribution in [0.1, 0.15) is 6.42 Å². The van der Waals surface area contributed by atoms with Crippen LogP contribution in [0.5, 0.6) is 5.75 Å². The summed E-state index contributed by atoms with van der Waals surface area (Å²) in [6, 6.07) is 9.58. The summed E-state index contributed by atoms with van der Waals surface area (Å²) in [5, 5.41) is 2.32. The molecule has 10 heteroatoms. The van der Waals surface area contributed by atoms with E-state index in [-0.39, 0.29) is 28.7 Å². The summed E-state index contributed by atoms with van der Waals surface area (Å²) < 4.78 is 46.2. The second-order valence-corrected chi connectivity index (χ2v) is 6.86. The minimum Gasteiger partial charge on any atom is -0.456 e. The van der Waals surface area contributed by atoms with Crippen LogP contribution in [-0.4, -0.2) is 30.8 Å². The van der Waals surface area contributed by atoms with E-state index in [0.717, 1.165) is 4.90 Å². The quantitative estimate of drug-likeness (QED) is 0.457. The van der Waals surface area contributed by atoms with Gasteiger partial charge >= 0.3 is 12.6 Å². The van der Waals surface area contributed by atoms with Crippen LogP contribution in [0.4, 0.5) is 18.9 Å². The smallest absolute Gasteiger partial charge is 0.387 e. The maximum absolute atomic E-state index is 12.8. The Balaban J connectivity index is 1.70. The molecule has 0 aliphatic carbocycles. The number of ether oxygens (including phenoxy) is 2. The lowest BCUT2D eigenvalue weighted by atomic mass is 10.3. The topological polar surface area (TPSA) is 64.6 Å². The van der Waals surface area contributed by atoms with Crippen molar-refractivity contribution < 1.29 is 32.2 Å². The van der Waals surface area contributed by atoms with Gasteiger partial charge in [-0.3, -0.25) is 9.59 Å². The highest BCUT2D eigenvalue weighted by Crippen LogP contribution is 2.28. The van der Waals surface area contributed by atoms with Crippen LogP contribution < -0.4 is 10.1 Å². The summed E-state index contributed by atoms with van der Waals surface area (Å²) in [5.74, 6) is -1.33. The number of halogens is 4. The van der Waals surface area contributed by atoms with Crippen LogP contribution in [0.25, 0.3) is 0 Å². The fourth-order valence-corrected chi connectivity index (χ4v) is 3.03. The summed E-state index contributed by atoms with van der Waals surface area (Å²) in [7, 11) is 0. The van der Waals surface area contributed by atoms with E-state index in [2.05, 4.69) is 10.1 Å². The molecule has 0 atom stereocenters. The number of hydrogen-bond donors (Lipinski definition) is 1. The first-order valence-electron chi connectivity index (χ1n) is 7.91. The second kappa shape index (κ2) is 10.8. The Morgan fingerprint density at radius 1 is 1.14 bits per heavy atom. The van der Waals surface area contributed by atoms with Crippen molar-refractivity contribution in [1.29, 1.82) is 0 Å². The Bertz CT molecular complexity index is 821. The average Bonchev–Trinajstić information content (AvgIpc) is 2.64. The molecule has 0 unspecified atom stereocenters. The summed E-state index contributed by atoms with van der Waals surface area (Å²) in [6.45, 7) is -3.52. The zero-order chi connectivity index (χ0) is 20.5. The number of rotatable bonds is 9. The lowest BCUT2D eigenvalue weighted by molar-refractivity contribution is -0.146. The second-order valence-electron chi connectivity index (χ2n) is 5.28. The Labute approximate surface area is 168 Å². The summed E-state index contributed by atoms with van der Waals surface area (Å²) in [5.41, 5.74) is 0.236. The maximum atomic E-state index is 12.8. The van der Waals surface area contributed by atoms with Crippen molar-refractivity contribution in [2.45, 2.75) is 17.9 Å². The average molecular weight is 434 g/mol. The number of anilines is 1. The number of amides is 1. The number of carbonyl (C=O) groups is 2. The molecule has 2 aromatic rings. The van der Waals surface area contributed by atoms with Crippen LogP contribution in [-0.2, 0) is 14.3 Å². The summed E-state index contributed by atoms with van der Waals surface area (Å²) in [6.07, 6.45) is 0.0703. The van der Waals surface area contributed by atoms with Crippen LogP contribution in [0, 0.1) is 5.82 Å². The third-order valence-corrected chi connectivity index (χ3v) is 4.49. The molecule has 0 aliphatic rings. The Morgan fingerprint density at radius 2 is 1.86 bits per heavy atom. The minimum atomic E-state index is -3.02. The van der Waals surface area contributed by atoms with Gasteiger partial charge in [0.15, 0.2) is 6.61 Å². The fourth-order valence-electron chi connectivity index (χ4n) is 1.97. The SMILES string of the molecule is O=C(COC(=O)CCSc1ccc(F)cc1)Nc1ccc(OC(F)F)c(Cl)c1. The first-order valence-corrected chi connectivity index (χ1v) is 9.28. The predicted octanol–water partition coefficient (Wildman–Crippen LogP) is 4.74. The van der Waals surface area contributed by atoms with E-state index in [0.29, 0.717) is 5.75 Å². The largest absolute Gasteiger partial charge is 0.456 e. The number of alkyl halides is 2. The van der Waals surface area contributed by atoms with Gasteiger partial charge in [0.05, 0.1) is 11.4 Å². The van der Waals surface area contributed by atoms with Gasteiger partial charge in [0, 0.05) is 16.3 Å². The molecule has 28 heavy (non-hydrogen) atoms. The highest BCUT2D eigenvalue weighted by Gasteiger charge is 2.12. The van der Waals surface area contributed by atoms with Gasteiger partial charge in [-0.15, -0.1) is 11.8 Å². The van der Waals surface area contributed by atoms with Crippen molar-refractivity contribution >= 4 is 40.9 Å². The van der Waals surface area contributed by atoms with Gasteiger partial charge in [0.25, 0.3) is 5.91 Å². The number of hydrogen-bond acceptors (Lipinski definition) is 5. The van der Waals surface area contributed by atoms with E-state index in [1.807, 2.05) is 0 Å². The van der Waals surface area contributed by atoms with E-state index >= 15 is 0 Å². The molecule has 0 saturated heterocycles. The van der Waals surface area contributed by atoms with Crippen LogP contribution in [0.2, 0.25) is 5.02 Å². The molecule has 0 bridgehead atoms. The summed E-state index contributed by atoms with van der Waals surface area (Å²) in [4.78, 5) is 24.3. The molecular weight excluding hydrogens is 419 g/mol. The van der Waals surface area contributed by atoms with E-state index in [1.54, 1.807) is 12.1 Å². The molecule has 0 saturated carbocycles. The van der Waals surface area contributed by atoms with Crippen molar-refractivity contribution in [3.63, 3.8) is 0 Å². The molecule has 5 nitrogen and oxygen atoms in total. The number of thioether (sulfide) groups is 1. The van der Waals surface area contributed by atoms with Crippen LogP contribution in [0.15, 0.2) is 47.4 Å². The van der Waals surface area contributed by atoms with E-state index in [9.17, 15) is 22.8 Å². The lowest BCUT2D eigenvalue weighted by Gasteiger charge is -2.10. The Hall–Kier alpha value is -2.39. The Morgan fingerprint density at radius 3 is 2.50 bits per heavy atom. The molecule has 0 heterocycles. The van der Waals surface area contributed by atoms with Crippen molar-refractivity contribution in [3.05, 3.63) is 53.3 Å². The zero-order valence-corrected chi connectivity index (χ0v) is 15.9. The molecule has 150 valence electrons. The first kappa shape index (κ1) is 21.9. The van der Waals surface area contributed by atoms with Crippen LogP contribution >= 0.6 is 23.4 Å². The van der Waals surface area contributed by atoms with E-state index in [4.69, 9.17) is 16.3 Å². The van der Waals surface area contributed by atoms with Gasteiger partial charge in [-0.25, -0.2) is 4.39 Å². The van der Waals surface area contributed by atoms with E-state index in [1.165, 1.54) is 42.1 Å². The molecule has 1 amide bonds. The molecule has 0 fully saturated rings. The van der Waals surface area contributed by atoms with Gasteiger partial charge in [-0.05, 0) is 42.5 Å². The predicted molar refractivity (Wildman–Crippen MR) is 99.4 cm³/mol. The summed E-state index contributed by atoms with van der Waals surface area (Å²) >= 11 is 7.14. The lowest BCUT2D eigenvalue weighted by Crippen LogP contribution is -2.21. The van der Waals surface area contributed by atoms with Gasteiger partial charge in [0.1, 0.15) is 11.6 Å². The molecule has 0 spiro atoms. The highest BCUT2D eigenvalue weighted by molar-refractivity contribution is 7.99. The molecule has 2 aromatic carbocycles. The number of carbonyl (C=O) groups excluding carboxylic acids is 2. The van der Waals surface area contributed by atoms with E-state index < -0.39 is 25.1 Å². The molecule has 1 N–H and O–H groups in total. The maximum Gasteiger partial charge on any atom is 0.387 e. The first-order chi connectivity index (χ1) is 13.3. The van der Waals surface area contributed by atoms with Crippen molar-refractivity contribution in [1.82, 2.24) is 0 Å². The minimum absolute atomic E-state index is 0.0703. The highest BCUT2D eigenvalue weighted by atomic mass is 35.5. The molecular formula is C18H15ClF3NO4S. The van der Waals surface area contributed by atoms with Gasteiger partial charge < -0.3 is 14.8 Å². The normalized spacial score (nSPS) is 10.6. The number of nitrogens with one attached hydrogen (secondary N) is 1. The molecule has 2 rings (SSSR count). The van der Waals surface area contributed by atoms with Gasteiger partial charge in [-0.2, -0.15) is 8.78 Å². The standard InChI is InChI=1S/C18H15ClF3NO4S/c19-14-9-12(3-6-15(14)27-18(21)22)23-16(24)10-26-17(25)7-8-28-13-4-1-11(20)2-5-13/h1-6,9,18H,7-8,10H2,(H,23,24). The van der Waals surface area contributed by atoms with Crippen molar-refractivity contribution in [3.8, 4) is 5.75 Å². The van der Waals surface area contributed by atoms with Crippen molar-refractivity contribution in [2.24, 2.45) is 0 Å². The Kier molecular flexibility index (Phi) is 8.46. The molecule has 0 aliphatic heterocycles. The zero-order valence-electron chi connectivity index (χ0n) is 14.3. The monoisotopic (exact) mass is 433 g/mol. The fraction of sp³-hybridized carbons (Fsp3) is 0.222.